The summed E-state index contributed by atoms with van der Waals surface area (Å²) in [5.41, 5.74) is 15.7. The summed E-state index contributed by atoms with van der Waals surface area (Å²) in [6, 6.07) is 23.6. The van der Waals surface area contributed by atoms with Gasteiger partial charge in [0.2, 0.25) is 11.9 Å². The Morgan fingerprint density at radius 3 is 1.29 bits per heavy atom. The average Bonchev–Trinajstić information content (AvgIpc) is 1.61. The number of benzene rings is 3. The Bertz CT molecular complexity index is 5450. The summed E-state index contributed by atoms with van der Waals surface area (Å²) >= 11 is 1.44. The Hall–Kier alpha value is -11.1. The van der Waals surface area contributed by atoms with Gasteiger partial charge in [0.25, 0.3) is 16.7 Å². The normalized spacial score (nSPS) is 13.4. The van der Waals surface area contributed by atoms with E-state index in [4.69, 9.17) is 20.2 Å². The van der Waals surface area contributed by atoms with Crippen LogP contribution in [0, 0.1) is 0 Å². The van der Waals surface area contributed by atoms with E-state index >= 15 is 0 Å². The van der Waals surface area contributed by atoms with Crippen molar-refractivity contribution in [1.29, 1.82) is 0 Å². The number of nitrogen functional groups attached to an aromatic ring is 1. The maximum atomic E-state index is 13.1. The first kappa shape index (κ1) is 77.0. The molecule has 0 radical (unpaired) electrons. The summed E-state index contributed by atoms with van der Waals surface area (Å²) in [7, 11) is 5.52. The predicted octanol–water partition coefficient (Wildman–Crippen LogP) is 10.8. The molecule has 3 aliphatic rings. The Kier molecular flexibility index (Phi) is 22.7. The van der Waals surface area contributed by atoms with Crippen molar-refractivity contribution in [2.75, 3.05) is 42.3 Å². The van der Waals surface area contributed by atoms with Crippen molar-refractivity contribution in [3.63, 3.8) is 0 Å². The number of hydrogen-bond donors (Lipinski definition) is 4. The molecule has 0 fully saturated rings. The summed E-state index contributed by atoms with van der Waals surface area (Å²) in [5, 5.41) is 25.3. The van der Waals surface area contributed by atoms with Gasteiger partial charge in [-0.05, 0) is 185 Å². The van der Waals surface area contributed by atoms with E-state index in [0.717, 1.165) is 60.5 Å². The SMILES string of the molecule is CC(C)(C)OC(=O)N1CCc2ccc(N)cc2C1.CC(C)n1c(=O)c2cnc(Nc3ccc4c(c3)CN(C(=O)OC(C)(C)C)CC4)nc2n1-c1ccn(C)n1.CC(C)n1c(=O)c2cnc(Nc3ccc4c(c3)CNCC4)nc2n1-c1ccn(C)n1.CSc1ncc2c(=O)n(C(C)C)n(-c3ccn(C)n3)c2n1.Cl. The van der Waals surface area contributed by atoms with Crippen molar-refractivity contribution in [2.45, 2.75) is 156 Å². The quantitative estimate of drug-likeness (QED) is 0.0531. The van der Waals surface area contributed by atoms with E-state index in [9.17, 15) is 24.0 Å². The highest BCUT2D eigenvalue weighted by Crippen LogP contribution is 2.30. The number of nitrogens with one attached hydrogen (secondary N) is 3. The number of carbonyl (C=O) groups excluding carboxylic acids is 2. The molecule has 0 aliphatic carbocycles. The van der Waals surface area contributed by atoms with E-state index in [1.165, 1.54) is 34.0 Å². The molecule has 15 rings (SSSR count). The van der Waals surface area contributed by atoms with Crippen molar-refractivity contribution < 1.29 is 19.1 Å². The van der Waals surface area contributed by atoms with Crippen molar-refractivity contribution in [1.82, 2.24) is 102 Å². The second kappa shape index (κ2) is 31.5. The summed E-state index contributed by atoms with van der Waals surface area (Å²) in [4.78, 5) is 93.6. The number of nitrogens with two attached hydrogens (primary N) is 1. The molecule has 9 aromatic heterocycles. The lowest BCUT2D eigenvalue weighted by Crippen LogP contribution is -2.39. The minimum atomic E-state index is -0.540. The van der Waals surface area contributed by atoms with Gasteiger partial charge in [0.05, 0.1) is 0 Å². The lowest BCUT2D eigenvalue weighted by atomic mass is 9.99. The van der Waals surface area contributed by atoms with Crippen molar-refractivity contribution in [3.05, 3.63) is 174 Å². The first-order chi connectivity index (χ1) is 50.4. The molecule has 0 saturated carbocycles. The van der Waals surface area contributed by atoms with Gasteiger partial charge in [0.15, 0.2) is 39.6 Å². The van der Waals surface area contributed by atoms with Crippen LogP contribution in [0.5, 0.6) is 0 Å². The maximum Gasteiger partial charge on any atom is 0.410 e. The van der Waals surface area contributed by atoms with Crippen LogP contribution in [0.4, 0.5) is 38.5 Å². The van der Waals surface area contributed by atoms with Crippen molar-refractivity contribution >= 4 is 98.4 Å². The van der Waals surface area contributed by atoms with Gasteiger partial charge in [-0.15, -0.1) is 12.4 Å². The molecule has 0 spiro atoms. The van der Waals surface area contributed by atoms with Crippen LogP contribution in [0.1, 0.15) is 135 Å². The topological polar surface area (TPSA) is 333 Å². The zero-order valence-electron chi connectivity index (χ0n) is 63.2. The first-order valence-corrected chi connectivity index (χ1v) is 36.5. The summed E-state index contributed by atoms with van der Waals surface area (Å²) < 4.78 is 26.3. The number of ether oxygens (including phenoxy) is 2. The molecule has 3 aliphatic heterocycles. The van der Waals surface area contributed by atoms with Crippen LogP contribution in [0.2, 0.25) is 0 Å². The van der Waals surface area contributed by atoms with Crippen molar-refractivity contribution in [3.8, 4) is 17.5 Å². The minimum absolute atomic E-state index is 0. The molecular weight excluding hydrogens is 1400 g/mol. The smallest absolute Gasteiger partial charge is 0.410 e. The third-order valence-corrected chi connectivity index (χ3v) is 18.2. The van der Waals surface area contributed by atoms with Gasteiger partial charge < -0.3 is 41.0 Å². The molecule has 0 atom stereocenters. The number of amides is 2. The number of carbonyl (C=O) groups is 2. The minimum Gasteiger partial charge on any atom is -0.444 e. The molecule has 0 saturated heterocycles. The molecule has 33 heteroatoms. The van der Waals surface area contributed by atoms with Crippen LogP contribution in [-0.2, 0) is 69.5 Å². The van der Waals surface area contributed by atoms with E-state index in [1.807, 2.05) is 184 Å². The number of halogens is 1. The van der Waals surface area contributed by atoms with Crippen LogP contribution < -0.4 is 38.4 Å². The van der Waals surface area contributed by atoms with Gasteiger partial charge >= 0.3 is 12.2 Å². The highest BCUT2D eigenvalue weighted by molar-refractivity contribution is 7.98. The van der Waals surface area contributed by atoms with Gasteiger partial charge in [0.1, 0.15) is 27.4 Å². The highest BCUT2D eigenvalue weighted by Gasteiger charge is 2.30. The molecule has 2 amide bonds. The van der Waals surface area contributed by atoms with Gasteiger partial charge in [-0.1, -0.05) is 30.0 Å². The second-order valence-electron chi connectivity index (χ2n) is 29.1. The van der Waals surface area contributed by atoms with E-state index in [1.54, 1.807) is 70.5 Å². The van der Waals surface area contributed by atoms with Crippen LogP contribution in [0.3, 0.4) is 0 Å². The molecule has 31 nitrogen and oxygen atoms in total. The zero-order chi connectivity index (χ0) is 75.8. The van der Waals surface area contributed by atoms with Gasteiger partial charge in [-0.25, -0.2) is 57.6 Å². The van der Waals surface area contributed by atoms with E-state index in [-0.39, 0.29) is 59.4 Å². The third kappa shape index (κ3) is 17.1. The number of anilines is 5. The van der Waals surface area contributed by atoms with E-state index < -0.39 is 11.2 Å². The molecule has 564 valence electrons. The molecule has 107 heavy (non-hydrogen) atoms. The van der Waals surface area contributed by atoms with Gasteiger partial charge in [0, 0.05) is 144 Å². The fraction of sp³-hybridized carbons (Fsp3) is 0.405. The largest absolute Gasteiger partial charge is 0.444 e. The summed E-state index contributed by atoms with van der Waals surface area (Å²) in [5.74, 6) is 2.71. The molecule has 3 aromatic carbocycles. The Labute approximate surface area is 628 Å². The van der Waals surface area contributed by atoms with E-state index in [2.05, 4.69) is 74.4 Å². The Balaban J connectivity index is 0.000000147. The van der Waals surface area contributed by atoms with Crippen LogP contribution in [0.25, 0.3) is 50.6 Å². The number of aromatic nitrogens is 18. The predicted molar refractivity (Wildman–Crippen MR) is 416 cm³/mol. The van der Waals surface area contributed by atoms with Gasteiger partial charge in [-0.2, -0.15) is 25.3 Å². The highest BCUT2D eigenvalue weighted by atomic mass is 35.5. The lowest BCUT2D eigenvalue weighted by molar-refractivity contribution is 0.0214. The summed E-state index contributed by atoms with van der Waals surface area (Å²) in [6.45, 7) is 27.2. The molecule has 0 unspecified atom stereocenters. The number of fused-ring (bicyclic) bond motifs is 6. The number of rotatable bonds is 11. The Morgan fingerprint density at radius 1 is 0.514 bits per heavy atom. The van der Waals surface area contributed by atoms with Crippen LogP contribution in [-0.4, -0.2) is 146 Å². The fourth-order valence-electron chi connectivity index (χ4n) is 12.8. The lowest BCUT2D eigenvalue weighted by Gasteiger charge is -2.31. The molecule has 12 heterocycles. The summed E-state index contributed by atoms with van der Waals surface area (Å²) in [6.07, 6.45) is 14.2. The van der Waals surface area contributed by atoms with Crippen LogP contribution in [0.15, 0.2) is 130 Å². The number of thioether (sulfide) groups is 1. The molecule has 5 N–H and O–H groups in total. The monoisotopic (exact) mass is 1500 g/mol. The molecule has 0 bridgehead atoms. The zero-order valence-corrected chi connectivity index (χ0v) is 64.8. The maximum absolute atomic E-state index is 13.1. The number of nitrogens with zero attached hydrogens (tertiary/aromatic N) is 20. The molecular formula is C74H93ClN24O7S. The first-order valence-electron chi connectivity index (χ1n) is 35.3. The second-order valence-corrected chi connectivity index (χ2v) is 29.9. The van der Waals surface area contributed by atoms with E-state index in [0.29, 0.717) is 93.8 Å². The Morgan fingerprint density at radius 2 is 0.897 bits per heavy atom. The standard InChI is InChI=1S/C26H32N8O3.C21H24N8O.C14H20N2O2.C13H16N6OS.ClH/c1-16(2)33-23(35)20-14-27-24(29-22(20)34(33)21-10-11-31(6)30-21)28-19-8-7-17-9-12-32(15-18(17)13-19)25(36)37-26(3,4)5;1-13(2)28-20(30)17-12-23-21(25-19(17)29(28)18-7-9-27(3)26-18)24-16-5-4-14-6-8-22-11-15(14)10-16;1-14(2,3)18-13(17)16-7-6-10-4-5-12(15)8-11(10)9-16;1-8(2)18-12(20)9-7-14-13(21-4)15-11(9)19(18)10-5-6-17(3)16-10;/h7-8,10-11,13-14,16H,9,12,15H2,1-6H3,(H,27,28,29);4-5,7,9-10,12-13,22H,6,8,11H2,1-3H3,(H,23,24,25);4-5,8H,6-7,9,15H2,1-3H3;5-8H,1-4H3;1H. The average molecular weight is 1500 g/mol. The number of aryl methyl sites for hydroxylation is 3. The van der Waals surface area contributed by atoms with Crippen molar-refractivity contribution in [2.24, 2.45) is 21.1 Å². The third-order valence-electron chi connectivity index (χ3n) is 17.6. The fourth-order valence-corrected chi connectivity index (χ4v) is 13.1. The van der Waals surface area contributed by atoms with Crippen LogP contribution >= 0.6 is 24.2 Å². The number of hydrogen-bond acceptors (Lipinski definition) is 21. The molecule has 12 aromatic rings. The van der Waals surface area contributed by atoms with Gasteiger partial charge in [-0.3, -0.25) is 28.4 Å².